The van der Waals surface area contributed by atoms with Crippen molar-refractivity contribution < 1.29 is 22.4 Å². The molecule has 0 saturated carbocycles. The number of amides is 2. The second kappa shape index (κ2) is 9.71. The minimum atomic E-state index is -3.75. The van der Waals surface area contributed by atoms with Gasteiger partial charge in [0.1, 0.15) is 18.4 Å². The first-order valence-corrected chi connectivity index (χ1v) is 11.2. The Labute approximate surface area is 176 Å². The van der Waals surface area contributed by atoms with Gasteiger partial charge in [0, 0.05) is 13.6 Å². The smallest absolute Gasteiger partial charge is 0.244 e. The van der Waals surface area contributed by atoms with Gasteiger partial charge < -0.3 is 10.2 Å². The van der Waals surface area contributed by atoms with Crippen LogP contribution in [0.1, 0.15) is 18.1 Å². The van der Waals surface area contributed by atoms with Crippen LogP contribution in [0.2, 0.25) is 0 Å². The molecule has 1 N–H and O–H groups in total. The largest absolute Gasteiger partial charge is 0.357 e. The Morgan fingerprint density at radius 3 is 2.13 bits per heavy atom. The summed E-state index contributed by atoms with van der Waals surface area (Å²) in [5.41, 5.74) is 1.91. The highest BCUT2D eigenvalue weighted by molar-refractivity contribution is 7.92. The molecule has 0 saturated heterocycles. The molecular weight excluding hydrogens is 409 g/mol. The summed E-state index contributed by atoms with van der Waals surface area (Å²) in [6.07, 6.45) is 1.02. The number of halogens is 1. The average Bonchev–Trinajstić information content (AvgIpc) is 2.70. The number of rotatable bonds is 8. The van der Waals surface area contributed by atoms with E-state index in [4.69, 9.17) is 0 Å². The van der Waals surface area contributed by atoms with Gasteiger partial charge in [-0.15, -0.1) is 0 Å². The number of likely N-dealkylation sites (N-methyl/N-ethyl adjacent to an activating group) is 1. The van der Waals surface area contributed by atoms with Crippen molar-refractivity contribution in [2.24, 2.45) is 0 Å². The molecule has 1 unspecified atom stereocenters. The van der Waals surface area contributed by atoms with Gasteiger partial charge in [-0.2, -0.15) is 0 Å². The van der Waals surface area contributed by atoms with Crippen LogP contribution in [0.25, 0.3) is 0 Å². The van der Waals surface area contributed by atoms with E-state index in [1.807, 2.05) is 6.92 Å². The van der Waals surface area contributed by atoms with Crippen molar-refractivity contribution in [2.45, 2.75) is 26.4 Å². The molecule has 162 valence electrons. The Balaban J connectivity index is 2.35. The van der Waals surface area contributed by atoms with Gasteiger partial charge in [0.05, 0.1) is 11.9 Å². The fraction of sp³-hybridized carbons (Fsp3) is 0.333. The Hall–Kier alpha value is -2.94. The summed E-state index contributed by atoms with van der Waals surface area (Å²) >= 11 is 0. The van der Waals surface area contributed by atoms with Crippen LogP contribution in [0.5, 0.6) is 0 Å². The molecule has 0 aliphatic carbocycles. The molecule has 2 aromatic carbocycles. The van der Waals surface area contributed by atoms with E-state index in [2.05, 4.69) is 5.32 Å². The number of hydrogen-bond donors (Lipinski definition) is 1. The number of anilines is 1. The summed E-state index contributed by atoms with van der Waals surface area (Å²) in [4.78, 5) is 26.6. The van der Waals surface area contributed by atoms with Crippen molar-refractivity contribution in [2.75, 3.05) is 24.2 Å². The van der Waals surface area contributed by atoms with E-state index in [1.165, 1.54) is 36.2 Å². The lowest BCUT2D eigenvalue weighted by Crippen LogP contribution is -2.50. The van der Waals surface area contributed by atoms with Crippen LogP contribution in [0.3, 0.4) is 0 Å². The molecule has 0 bridgehead atoms. The van der Waals surface area contributed by atoms with Crippen LogP contribution in [0.15, 0.2) is 48.5 Å². The van der Waals surface area contributed by atoms with Crippen LogP contribution >= 0.6 is 0 Å². The van der Waals surface area contributed by atoms with Crippen molar-refractivity contribution >= 4 is 27.5 Å². The first kappa shape index (κ1) is 23.3. The van der Waals surface area contributed by atoms with Gasteiger partial charge >= 0.3 is 0 Å². The Bertz CT molecular complexity index is 992. The monoisotopic (exact) mass is 435 g/mol. The second-order valence-corrected chi connectivity index (χ2v) is 8.95. The summed E-state index contributed by atoms with van der Waals surface area (Å²) in [7, 11) is -2.30. The Morgan fingerprint density at radius 2 is 1.63 bits per heavy atom. The zero-order chi connectivity index (χ0) is 22.5. The second-order valence-electron chi connectivity index (χ2n) is 7.04. The Kier molecular flexibility index (Phi) is 7.55. The Morgan fingerprint density at radius 1 is 1.07 bits per heavy atom. The highest BCUT2D eigenvalue weighted by Gasteiger charge is 2.29. The number of nitrogens with zero attached hydrogens (tertiary/aromatic N) is 2. The minimum absolute atomic E-state index is 0.0270. The number of benzene rings is 2. The molecule has 0 spiro atoms. The molecule has 0 radical (unpaired) electrons. The molecule has 0 aromatic heterocycles. The molecule has 2 aromatic rings. The summed E-state index contributed by atoms with van der Waals surface area (Å²) in [5, 5.41) is 2.49. The number of aryl methyl sites for hydroxylation is 1. The molecule has 7 nitrogen and oxygen atoms in total. The van der Waals surface area contributed by atoms with E-state index in [0.29, 0.717) is 11.3 Å². The van der Waals surface area contributed by atoms with Gasteiger partial charge in [-0.3, -0.25) is 13.9 Å². The molecule has 0 heterocycles. The molecule has 0 aliphatic heterocycles. The fourth-order valence-electron chi connectivity index (χ4n) is 2.90. The number of carbonyl (C=O) groups excluding carboxylic acids is 2. The predicted octanol–water partition coefficient (Wildman–Crippen LogP) is 2.06. The van der Waals surface area contributed by atoms with Gasteiger partial charge in [-0.05, 0) is 43.7 Å². The van der Waals surface area contributed by atoms with Gasteiger partial charge in [-0.1, -0.05) is 29.8 Å². The maximum atomic E-state index is 13.2. The topological polar surface area (TPSA) is 86.8 Å². The van der Waals surface area contributed by atoms with E-state index >= 15 is 0 Å². The van der Waals surface area contributed by atoms with Gasteiger partial charge in [-0.25, -0.2) is 12.8 Å². The lowest BCUT2D eigenvalue weighted by Gasteiger charge is -2.31. The first-order valence-electron chi connectivity index (χ1n) is 9.33. The number of carbonyl (C=O) groups is 2. The average molecular weight is 436 g/mol. The lowest BCUT2D eigenvalue weighted by molar-refractivity contribution is -0.139. The fourth-order valence-corrected chi connectivity index (χ4v) is 3.75. The third-order valence-corrected chi connectivity index (χ3v) is 5.82. The van der Waals surface area contributed by atoms with E-state index < -0.39 is 40.2 Å². The molecule has 9 heteroatoms. The maximum Gasteiger partial charge on any atom is 0.244 e. The van der Waals surface area contributed by atoms with Crippen molar-refractivity contribution in [1.82, 2.24) is 10.2 Å². The van der Waals surface area contributed by atoms with Gasteiger partial charge in [0.15, 0.2) is 0 Å². The zero-order valence-corrected chi connectivity index (χ0v) is 18.2. The highest BCUT2D eigenvalue weighted by Crippen LogP contribution is 2.19. The lowest BCUT2D eigenvalue weighted by atomic mass is 10.1. The normalized spacial score (nSPS) is 12.2. The summed E-state index contributed by atoms with van der Waals surface area (Å²) in [5.74, 6) is -1.37. The van der Waals surface area contributed by atoms with Crippen LogP contribution in [-0.2, 0) is 26.2 Å². The SMILES string of the molecule is CNC(=O)C(C)N(Cc1ccc(F)cc1)C(=O)CN(c1ccc(C)cc1)S(C)(=O)=O. The molecule has 30 heavy (non-hydrogen) atoms. The van der Waals surface area contributed by atoms with Crippen molar-refractivity contribution in [1.29, 1.82) is 0 Å². The summed E-state index contributed by atoms with van der Waals surface area (Å²) < 4.78 is 39.0. The molecule has 2 amide bonds. The number of hydrogen-bond acceptors (Lipinski definition) is 4. The van der Waals surface area contributed by atoms with Crippen LogP contribution in [-0.4, -0.2) is 51.0 Å². The standard InChI is InChI=1S/C21H26FN3O4S/c1-15-5-11-19(12-6-15)25(30(4,28)29)14-20(26)24(16(2)21(27)23-3)13-17-7-9-18(22)10-8-17/h5-12,16H,13-14H2,1-4H3,(H,23,27). The van der Waals surface area contributed by atoms with Crippen molar-refractivity contribution in [3.63, 3.8) is 0 Å². The zero-order valence-electron chi connectivity index (χ0n) is 17.4. The quantitative estimate of drug-likeness (QED) is 0.688. The van der Waals surface area contributed by atoms with Crippen molar-refractivity contribution in [3.8, 4) is 0 Å². The summed E-state index contributed by atoms with van der Waals surface area (Å²) in [6.45, 7) is 2.98. The van der Waals surface area contributed by atoms with E-state index in [9.17, 15) is 22.4 Å². The maximum absolute atomic E-state index is 13.2. The predicted molar refractivity (Wildman–Crippen MR) is 114 cm³/mol. The van der Waals surface area contributed by atoms with Crippen molar-refractivity contribution in [3.05, 3.63) is 65.5 Å². The van der Waals surface area contributed by atoms with E-state index in [0.717, 1.165) is 16.1 Å². The summed E-state index contributed by atoms with van der Waals surface area (Å²) in [6, 6.07) is 11.4. The van der Waals surface area contributed by atoms with Crippen LogP contribution in [0, 0.1) is 12.7 Å². The van der Waals surface area contributed by atoms with E-state index in [-0.39, 0.29) is 6.54 Å². The molecule has 1 atom stereocenters. The van der Waals surface area contributed by atoms with Crippen LogP contribution in [0.4, 0.5) is 10.1 Å². The van der Waals surface area contributed by atoms with Gasteiger partial charge in [0.2, 0.25) is 21.8 Å². The molecule has 2 rings (SSSR count). The number of nitrogens with one attached hydrogen (secondary N) is 1. The third kappa shape index (κ3) is 6.03. The first-order chi connectivity index (χ1) is 14.0. The molecular formula is C21H26FN3O4S. The minimum Gasteiger partial charge on any atom is -0.357 e. The number of sulfonamides is 1. The molecule has 0 fully saturated rings. The van der Waals surface area contributed by atoms with E-state index in [1.54, 1.807) is 31.2 Å². The van der Waals surface area contributed by atoms with Crippen LogP contribution < -0.4 is 9.62 Å². The highest BCUT2D eigenvalue weighted by atomic mass is 32.2. The molecule has 0 aliphatic rings. The third-order valence-electron chi connectivity index (χ3n) is 4.68. The van der Waals surface area contributed by atoms with Gasteiger partial charge in [0.25, 0.3) is 0 Å².